The monoisotopic (exact) mass is 252 g/mol. The topological polar surface area (TPSA) is 31.6 Å². The van der Waals surface area contributed by atoms with E-state index < -0.39 is 0 Å². The summed E-state index contributed by atoms with van der Waals surface area (Å²) in [5.41, 5.74) is 0.955. The molecule has 2 rings (SSSR count). The first-order valence-electron chi connectivity index (χ1n) is 3.83. The first kappa shape index (κ1) is 11.2. The number of halogens is 1. The molecule has 5 heteroatoms. The summed E-state index contributed by atoms with van der Waals surface area (Å²) in [7, 11) is 4.76. The minimum atomic E-state index is -0.304. The Morgan fingerprint density at radius 3 is 2.54 bits per heavy atom. The number of aryl methyl sites for hydroxylation is 1. The average Bonchev–Trinajstić information content (AvgIpc) is 2.77. The van der Waals surface area contributed by atoms with Crippen molar-refractivity contribution in [2.45, 2.75) is 13.2 Å². The van der Waals surface area contributed by atoms with Crippen molar-refractivity contribution in [1.82, 2.24) is 0 Å². The molecular weight excluding hydrogens is 245 g/mol. The van der Waals surface area contributed by atoms with E-state index in [1.807, 2.05) is 6.92 Å². The van der Waals surface area contributed by atoms with Crippen molar-refractivity contribution < 1.29 is 31.2 Å². The van der Waals surface area contributed by atoms with Gasteiger partial charge in [0.1, 0.15) is 6.29 Å². The Morgan fingerprint density at radius 1 is 1.46 bits per heavy atom. The van der Waals surface area contributed by atoms with E-state index in [4.69, 9.17) is 23.6 Å². The number of ether oxygens (including phenoxy) is 2. The molecule has 1 saturated heterocycles. The van der Waals surface area contributed by atoms with Crippen LogP contribution in [0.4, 0.5) is 0 Å². The third-order valence-corrected chi connectivity index (χ3v) is 1.67. The predicted molar refractivity (Wildman–Crippen MR) is 42.8 cm³/mol. The number of hydrogen-bond acceptors (Lipinski definition) is 3. The number of hydrogen-bond donors (Lipinski definition) is 0. The van der Waals surface area contributed by atoms with Gasteiger partial charge in [0.25, 0.3) is 0 Å². The Kier molecular flexibility index (Phi) is 4.96. The third-order valence-electron chi connectivity index (χ3n) is 1.67. The summed E-state index contributed by atoms with van der Waals surface area (Å²) in [4.78, 5) is 0. The second kappa shape index (κ2) is 5.76. The van der Waals surface area contributed by atoms with Crippen LogP contribution in [0.2, 0.25) is 0 Å². The van der Waals surface area contributed by atoms with Gasteiger partial charge in [0, 0.05) is 5.76 Å². The first-order chi connectivity index (χ1) is 6.38. The van der Waals surface area contributed by atoms with Crippen LogP contribution in [-0.2, 0) is 26.8 Å². The molecule has 0 unspecified atom stereocenters. The summed E-state index contributed by atoms with van der Waals surface area (Å²) in [5, 5.41) is 0. The van der Waals surface area contributed by atoms with Crippen LogP contribution in [0.3, 0.4) is 0 Å². The van der Waals surface area contributed by atoms with Crippen LogP contribution < -0.4 is 0 Å². The molecule has 1 aliphatic heterocycles. The van der Waals surface area contributed by atoms with Crippen molar-refractivity contribution in [3.05, 3.63) is 23.7 Å². The third kappa shape index (κ3) is 2.78. The summed E-state index contributed by atoms with van der Waals surface area (Å²) < 4.78 is 15.6. The zero-order valence-electron chi connectivity index (χ0n) is 7.38. The molecule has 1 aromatic rings. The van der Waals surface area contributed by atoms with E-state index >= 15 is 0 Å². The Balaban J connectivity index is 0.000000396. The Morgan fingerprint density at radius 2 is 2.08 bits per heavy atom. The van der Waals surface area contributed by atoms with Gasteiger partial charge in [-0.3, -0.25) is 0 Å². The van der Waals surface area contributed by atoms with E-state index in [1.165, 1.54) is 6.26 Å². The summed E-state index contributed by atoms with van der Waals surface area (Å²) >= 11 is 0.847. The zero-order chi connectivity index (χ0) is 9.68. The second-order valence-electron chi connectivity index (χ2n) is 2.44. The summed E-state index contributed by atoms with van der Waals surface area (Å²) in [5.74, 6) is 0.738. The normalized spacial score (nSPS) is 16.9. The molecule has 0 aromatic carbocycles. The van der Waals surface area contributed by atoms with Gasteiger partial charge in [0.2, 0.25) is 0 Å². The molecule has 0 spiro atoms. The van der Waals surface area contributed by atoms with Crippen LogP contribution in [0.1, 0.15) is 17.6 Å². The summed E-state index contributed by atoms with van der Waals surface area (Å²) in [6.07, 6.45) is 1.22. The molecule has 0 saturated carbocycles. The molecule has 68 valence electrons. The van der Waals surface area contributed by atoms with Crippen LogP contribution in [0, 0.1) is 13.0 Å². The van der Waals surface area contributed by atoms with Gasteiger partial charge in [-0.05, 0) is 6.26 Å². The van der Waals surface area contributed by atoms with E-state index in [9.17, 15) is 0 Å². The van der Waals surface area contributed by atoms with Gasteiger partial charge in [-0.1, -0.05) is 6.92 Å². The maximum absolute atomic E-state index is 5.24. The van der Waals surface area contributed by atoms with Crippen molar-refractivity contribution in [1.29, 1.82) is 0 Å². The molecule has 1 aliphatic rings. The fourth-order valence-corrected chi connectivity index (χ4v) is 1.08. The molecule has 0 bridgehead atoms. The second-order valence-corrected chi connectivity index (χ2v) is 2.44. The van der Waals surface area contributed by atoms with Crippen molar-refractivity contribution in [2.75, 3.05) is 13.2 Å². The fraction of sp³-hybridized carbons (Fsp3) is 0.500. The predicted octanol–water partition coefficient (Wildman–Crippen LogP) is 2.12. The van der Waals surface area contributed by atoms with Crippen LogP contribution in [0.5, 0.6) is 0 Å². The molecule has 1 aromatic heterocycles. The molecule has 0 amide bonds. The van der Waals surface area contributed by atoms with Gasteiger partial charge in [-0.2, -0.15) is 5.56 Å². The molecule has 0 radical (unpaired) electrons. The molecule has 0 aliphatic carbocycles. The van der Waals surface area contributed by atoms with Gasteiger partial charge in [-0.25, -0.2) is 6.07 Å². The molecular formula is C8H9ClO3Zn. The maximum atomic E-state index is 5.24. The Hall–Kier alpha value is 0.113. The fourth-order valence-electron chi connectivity index (χ4n) is 1.08. The van der Waals surface area contributed by atoms with Crippen molar-refractivity contribution >= 4 is 9.69 Å². The molecule has 3 nitrogen and oxygen atoms in total. The summed E-state index contributed by atoms with van der Waals surface area (Å²) in [6, 6.07) is 2.92. The van der Waals surface area contributed by atoms with Gasteiger partial charge < -0.3 is 13.9 Å². The standard InChI is InChI=1S/C8H9O3.ClH.Zn/c1-6-2-3-9-7(6)8-10-4-5-11-8;;/h3,8H,4-5H2,1H3;1H;/q-1;;+2/p-1. The van der Waals surface area contributed by atoms with E-state index in [1.54, 1.807) is 0 Å². The van der Waals surface area contributed by atoms with E-state index in [0.29, 0.717) is 13.2 Å². The van der Waals surface area contributed by atoms with E-state index in [2.05, 4.69) is 6.07 Å². The SMILES string of the molecule is Cc1[c-]coc1C1OCCO1.[Cl][Zn+]. The van der Waals surface area contributed by atoms with Crippen LogP contribution in [-0.4, -0.2) is 13.2 Å². The van der Waals surface area contributed by atoms with Crippen LogP contribution in [0.15, 0.2) is 10.7 Å². The Bertz CT molecular complexity index is 245. The molecule has 0 atom stereocenters. The molecule has 0 N–H and O–H groups in total. The quantitative estimate of drug-likeness (QED) is 0.568. The molecule has 2 heterocycles. The number of furan rings is 1. The van der Waals surface area contributed by atoms with Crippen molar-refractivity contribution in [3.63, 3.8) is 0 Å². The van der Waals surface area contributed by atoms with E-state index in [0.717, 1.165) is 28.6 Å². The van der Waals surface area contributed by atoms with Crippen LogP contribution >= 0.6 is 9.69 Å². The van der Waals surface area contributed by atoms with Gasteiger partial charge in [0.15, 0.2) is 0 Å². The van der Waals surface area contributed by atoms with Gasteiger partial charge in [0.05, 0.1) is 13.2 Å². The number of rotatable bonds is 1. The average molecular weight is 254 g/mol. The van der Waals surface area contributed by atoms with Gasteiger partial charge in [-0.15, -0.1) is 0 Å². The summed E-state index contributed by atoms with van der Waals surface area (Å²) in [6.45, 7) is 3.21. The van der Waals surface area contributed by atoms with Gasteiger partial charge >= 0.3 is 27.0 Å². The van der Waals surface area contributed by atoms with E-state index in [-0.39, 0.29) is 6.29 Å². The minimum absolute atomic E-state index is 0.304. The molecule has 1 fully saturated rings. The Labute approximate surface area is 91.1 Å². The van der Waals surface area contributed by atoms with Crippen molar-refractivity contribution in [3.8, 4) is 0 Å². The van der Waals surface area contributed by atoms with Crippen molar-refractivity contribution in [2.24, 2.45) is 0 Å². The molecule has 13 heavy (non-hydrogen) atoms. The van der Waals surface area contributed by atoms with Crippen LogP contribution in [0.25, 0.3) is 0 Å². The first-order valence-corrected chi connectivity index (χ1v) is 7.73. The zero-order valence-corrected chi connectivity index (χ0v) is 11.1.